The smallest absolute Gasteiger partial charge is 0.311 e. The Kier molecular flexibility index (Phi) is 21.7. The fourth-order valence-corrected chi connectivity index (χ4v) is 12.5. The molecule has 2 aromatic carbocycles. The van der Waals surface area contributed by atoms with Gasteiger partial charge >= 0.3 is 11.9 Å². The Labute approximate surface area is 471 Å². The molecular formula is C59H90ClN3O16. The van der Waals surface area contributed by atoms with Gasteiger partial charge in [-0.05, 0) is 149 Å². The third kappa shape index (κ3) is 14.5. The summed E-state index contributed by atoms with van der Waals surface area (Å²) in [6.45, 7) is 19.6. The number of cyclic esters (lactones) is 1. The summed E-state index contributed by atoms with van der Waals surface area (Å²) in [5.41, 5.74) is -2.62. The molecule has 20 heteroatoms. The number of carbonyl (C=O) groups excluding carboxylic acids is 3. The third-order valence-corrected chi connectivity index (χ3v) is 17.3. The second-order valence-corrected chi connectivity index (χ2v) is 24.0. The maximum absolute atomic E-state index is 14.7. The number of hydrogen-bond donors (Lipinski definition) is 5. The number of likely N-dealkylation sites (N-methyl/N-ethyl adjacent to an activating group) is 1. The number of fused-ring (bicyclic) bond motifs is 1. The topological polar surface area (TPSA) is 238 Å². The molecule has 1 aromatic heterocycles. The van der Waals surface area contributed by atoms with E-state index in [0.29, 0.717) is 51.3 Å². The third-order valence-electron chi connectivity index (χ3n) is 17.0. The van der Waals surface area contributed by atoms with Gasteiger partial charge in [0.2, 0.25) is 0 Å². The number of esters is 2. The molecule has 3 aliphatic rings. The number of aliphatic hydroxyl groups is 5. The molecule has 0 amide bonds. The van der Waals surface area contributed by atoms with Crippen LogP contribution in [0, 0.1) is 24.7 Å². The Hall–Kier alpha value is -3.80. The van der Waals surface area contributed by atoms with E-state index in [9.17, 15) is 39.9 Å². The fraction of sp³-hybridized carbons (Fsp3) is 0.712. The van der Waals surface area contributed by atoms with Gasteiger partial charge in [-0.25, -0.2) is 0 Å². The number of nitrogens with zero attached hydrogens (tertiary/aromatic N) is 3. The summed E-state index contributed by atoms with van der Waals surface area (Å²) in [6, 6.07) is 10.8. The van der Waals surface area contributed by atoms with E-state index in [1.165, 1.54) is 14.0 Å². The molecule has 18 atom stereocenters. The number of halogens is 1. The lowest BCUT2D eigenvalue weighted by Gasteiger charge is -2.48. The summed E-state index contributed by atoms with van der Waals surface area (Å²) in [4.78, 5) is 46.3. The highest BCUT2D eigenvalue weighted by Crippen LogP contribution is 2.41. The fourth-order valence-electron chi connectivity index (χ4n) is 12.3. The highest BCUT2D eigenvalue weighted by atomic mass is 35.5. The van der Waals surface area contributed by atoms with Crippen LogP contribution in [0.25, 0.3) is 10.9 Å². The number of aliphatic hydroxyl groups excluding tert-OH is 3. The predicted molar refractivity (Wildman–Crippen MR) is 297 cm³/mol. The maximum atomic E-state index is 14.7. The summed E-state index contributed by atoms with van der Waals surface area (Å²) >= 11 is 6.13. The first-order valence-corrected chi connectivity index (χ1v) is 28.3. The van der Waals surface area contributed by atoms with Crippen LogP contribution in [-0.4, -0.2) is 196 Å². The zero-order valence-electron chi connectivity index (χ0n) is 49.0. The van der Waals surface area contributed by atoms with E-state index in [-0.39, 0.29) is 69.4 Å². The number of carbonyl (C=O) groups is 3. The van der Waals surface area contributed by atoms with Crippen molar-refractivity contribution in [2.24, 2.45) is 17.8 Å². The van der Waals surface area contributed by atoms with Crippen LogP contribution in [0.4, 0.5) is 0 Å². The van der Waals surface area contributed by atoms with Crippen LogP contribution < -0.4 is 4.74 Å². The molecule has 3 aromatic rings. The van der Waals surface area contributed by atoms with Crippen molar-refractivity contribution in [1.82, 2.24) is 14.4 Å². The Morgan fingerprint density at radius 2 is 1.58 bits per heavy atom. The van der Waals surface area contributed by atoms with Crippen LogP contribution in [0.1, 0.15) is 123 Å². The Bertz CT molecular complexity index is 2520. The summed E-state index contributed by atoms with van der Waals surface area (Å²) in [5.74, 6) is -3.34. The van der Waals surface area contributed by atoms with E-state index in [1.54, 1.807) is 110 Å². The highest BCUT2D eigenvalue weighted by Gasteiger charge is 2.53. The lowest BCUT2D eigenvalue weighted by atomic mass is 9.77. The minimum Gasteiger partial charge on any atom is -0.497 e. The Morgan fingerprint density at radius 1 is 0.911 bits per heavy atom. The monoisotopic (exact) mass is 1130 g/mol. The molecule has 79 heavy (non-hydrogen) atoms. The van der Waals surface area contributed by atoms with Crippen molar-refractivity contribution in [3.05, 3.63) is 64.3 Å². The zero-order chi connectivity index (χ0) is 58.6. The molecule has 6 rings (SSSR count). The van der Waals surface area contributed by atoms with Crippen molar-refractivity contribution in [2.75, 3.05) is 48.0 Å². The molecule has 0 radical (unpaired) electrons. The standard InChI is InChI=1S/C59H90ClN3O16/c1-16-46-59(11,71)51(66)37(7)62(24-17-25-74-47(64)28-42-36(6)63(44-23-22-41(72-14)27-43(42)44)54(68)39-18-20-40(60)21-19-39)31-32(2)29-57(9,70)53(79-56-49(65)45(61(12)13)26-33(3)75-56)34(4)50(35(5)55(69)77-46)78-48-30-58(10,73-15)52(67)38(8)76-48/h18-23,27,32-35,37-38,45-46,48-53,56,65-67,70-71H,16-17,24-26,28-31H2,1-15H3/t32-,33-,34+,35-,37-,38+,45+,46-,48+,49-,50+,51-,52+,53-,56+,57-,58-,59-/m1/s1. The second kappa shape index (κ2) is 26.6. The van der Waals surface area contributed by atoms with Gasteiger partial charge in [-0.3, -0.25) is 23.9 Å². The largest absolute Gasteiger partial charge is 0.497 e. The molecule has 0 unspecified atom stereocenters. The average molecular weight is 1130 g/mol. The lowest BCUT2D eigenvalue weighted by Crippen LogP contribution is -2.60. The molecule has 3 aliphatic heterocycles. The van der Waals surface area contributed by atoms with Crippen LogP contribution in [0.5, 0.6) is 5.75 Å². The normalized spacial score (nSPS) is 36.6. The van der Waals surface area contributed by atoms with E-state index in [0.717, 1.165) is 0 Å². The molecule has 5 N–H and O–H groups in total. The van der Waals surface area contributed by atoms with Crippen LogP contribution in [0.2, 0.25) is 5.02 Å². The number of methoxy groups -OCH3 is 2. The maximum Gasteiger partial charge on any atom is 0.311 e. The first-order chi connectivity index (χ1) is 37.0. The zero-order valence-corrected chi connectivity index (χ0v) is 49.8. The molecule has 19 nitrogen and oxygen atoms in total. The van der Waals surface area contributed by atoms with Crippen LogP contribution in [0.3, 0.4) is 0 Å². The van der Waals surface area contributed by atoms with Gasteiger partial charge < -0.3 is 68.3 Å². The van der Waals surface area contributed by atoms with Crippen molar-refractivity contribution in [3.63, 3.8) is 0 Å². The SMILES string of the molecule is CC[C@H]1OC(=O)[C@H](C)[C@@H](O[C@H]2C[C@@](C)(OC)[C@@H](O)[C@H](C)O2)[C@H](C)[C@@H](O[C@@H]2O[C@H](C)C[C@H](N(C)C)[C@H]2O)[C@](C)(O)C[C@@H](C)CN(CCCOC(=O)Cc2c(C)n(C(=O)c3ccc(Cl)cc3)c3ccc(OC)cc23)[C@H](C)[C@@H](O)[C@]1(C)O. The molecule has 0 bridgehead atoms. The number of hydrogen-bond acceptors (Lipinski definition) is 18. The average Bonchev–Trinajstić information content (AvgIpc) is 3.73. The van der Waals surface area contributed by atoms with Gasteiger partial charge in [0, 0.05) is 66.3 Å². The molecular weight excluding hydrogens is 1040 g/mol. The minimum absolute atomic E-state index is 0.0185. The van der Waals surface area contributed by atoms with Crippen LogP contribution in [-0.2, 0) is 49.2 Å². The molecule has 3 saturated heterocycles. The minimum atomic E-state index is -1.99. The van der Waals surface area contributed by atoms with E-state index in [4.69, 9.17) is 49.5 Å². The summed E-state index contributed by atoms with van der Waals surface area (Å²) < 4.78 is 51.2. The van der Waals surface area contributed by atoms with Gasteiger partial charge in [0.25, 0.3) is 5.91 Å². The molecule has 0 saturated carbocycles. The van der Waals surface area contributed by atoms with Gasteiger partial charge in [0.15, 0.2) is 12.6 Å². The highest BCUT2D eigenvalue weighted by molar-refractivity contribution is 6.30. The number of benzene rings is 2. The van der Waals surface area contributed by atoms with E-state index in [2.05, 4.69) is 0 Å². The quantitative estimate of drug-likeness (QED) is 0.0859. The van der Waals surface area contributed by atoms with Crippen molar-refractivity contribution in [3.8, 4) is 5.75 Å². The van der Waals surface area contributed by atoms with Gasteiger partial charge in [-0.1, -0.05) is 32.4 Å². The van der Waals surface area contributed by atoms with E-state index >= 15 is 0 Å². The molecule has 0 spiro atoms. The number of aromatic nitrogens is 1. The van der Waals surface area contributed by atoms with E-state index in [1.807, 2.05) is 37.7 Å². The van der Waals surface area contributed by atoms with Gasteiger partial charge in [-0.2, -0.15) is 0 Å². The molecule has 444 valence electrons. The summed E-state index contributed by atoms with van der Waals surface area (Å²) in [7, 11) is 6.76. The lowest BCUT2D eigenvalue weighted by molar-refractivity contribution is -0.318. The van der Waals surface area contributed by atoms with Crippen molar-refractivity contribution in [2.45, 2.75) is 205 Å². The number of ether oxygens (including phenoxy) is 8. The van der Waals surface area contributed by atoms with Crippen LogP contribution >= 0.6 is 11.6 Å². The second-order valence-electron chi connectivity index (χ2n) is 23.6. The first-order valence-electron chi connectivity index (χ1n) is 27.9. The van der Waals surface area contributed by atoms with Crippen molar-refractivity contribution in [1.29, 1.82) is 0 Å². The first kappa shape index (κ1) is 64.4. The Balaban J connectivity index is 1.30. The van der Waals surface area contributed by atoms with Gasteiger partial charge in [-0.15, -0.1) is 0 Å². The molecule has 0 aliphatic carbocycles. The van der Waals surface area contributed by atoms with Gasteiger partial charge in [0.05, 0.1) is 67.2 Å². The summed E-state index contributed by atoms with van der Waals surface area (Å²) in [6.07, 6.45) is -9.44. The molecule has 4 heterocycles. The van der Waals surface area contributed by atoms with Crippen molar-refractivity contribution < 1.29 is 77.8 Å². The summed E-state index contributed by atoms with van der Waals surface area (Å²) in [5, 5.41) is 61.7. The predicted octanol–water partition coefficient (Wildman–Crippen LogP) is 6.06. The van der Waals surface area contributed by atoms with Crippen molar-refractivity contribution >= 4 is 40.3 Å². The van der Waals surface area contributed by atoms with Gasteiger partial charge in [0.1, 0.15) is 35.8 Å². The van der Waals surface area contributed by atoms with Crippen LogP contribution in [0.15, 0.2) is 42.5 Å². The Morgan fingerprint density at radius 3 is 2.20 bits per heavy atom. The molecule has 3 fully saturated rings. The van der Waals surface area contributed by atoms with E-state index < -0.39 is 102 Å². The number of rotatable bonds is 15.